The van der Waals surface area contributed by atoms with Crippen LogP contribution in [0.15, 0.2) is 22.7 Å². The Bertz CT molecular complexity index is 942. The highest BCUT2D eigenvalue weighted by atomic mass is 16.5. The standard InChI is InChI=1S/C18H21N5O2/c1-4-16-20-17(21-25-16)15-6-5-9-23(15)18(24)12-7-8-14-13(10-12)19-11(2)22(14)3/h7-8,10,15H,4-6,9H2,1-3H3/t15-/m1/s1. The number of nitrogens with zero attached hydrogens (tertiary/aromatic N) is 5. The van der Waals surface area contributed by atoms with Crippen LogP contribution in [0.4, 0.5) is 0 Å². The maximum absolute atomic E-state index is 13.0. The van der Waals surface area contributed by atoms with Crippen LogP contribution >= 0.6 is 0 Å². The largest absolute Gasteiger partial charge is 0.339 e. The summed E-state index contributed by atoms with van der Waals surface area (Å²) in [6, 6.07) is 5.58. The van der Waals surface area contributed by atoms with Gasteiger partial charge in [-0.05, 0) is 38.0 Å². The van der Waals surface area contributed by atoms with Gasteiger partial charge in [0.1, 0.15) is 5.82 Å². The molecule has 0 saturated carbocycles. The Morgan fingerprint density at radius 2 is 2.20 bits per heavy atom. The number of hydrogen-bond donors (Lipinski definition) is 0. The van der Waals surface area contributed by atoms with Crippen molar-refractivity contribution in [2.24, 2.45) is 7.05 Å². The molecule has 0 N–H and O–H groups in total. The fourth-order valence-corrected chi connectivity index (χ4v) is 3.44. The summed E-state index contributed by atoms with van der Waals surface area (Å²) in [5.41, 5.74) is 2.52. The van der Waals surface area contributed by atoms with Crippen LogP contribution in [-0.4, -0.2) is 37.0 Å². The van der Waals surface area contributed by atoms with Crippen LogP contribution in [0.25, 0.3) is 11.0 Å². The summed E-state index contributed by atoms with van der Waals surface area (Å²) < 4.78 is 7.24. The third kappa shape index (κ3) is 2.59. The molecule has 130 valence electrons. The summed E-state index contributed by atoms with van der Waals surface area (Å²) in [4.78, 5) is 23.8. The maximum Gasteiger partial charge on any atom is 0.254 e. The molecule has 1 amide bonds. The predicted octanol–water partition coefficient (Wildman–Crippen LogP) is 2.80. The minimum Gasteiger partial charge on any atom is -0.339 e. The summed E-state index contributed by atoms with van der Waals surface area (Å²) in [5, 5.41) is 4.06. The van der Waals surface area contributed by atoms with Gasteiger partial charge in [-0.3, -0.25) is 4.79 Å². The monoisotopic (exact) mass is 339 g/mol. The molecule has 1 fully saturated rings. The average molecular weight is 339 g/mol. The molecule has 0 aliphatic carbocycles. The van der Waals surface area contributed by atoms with Gasteiger partial charge in [0.25, 0.3) is 5.91 Å². The van der Waals surface area contributed by atoms with E-state index in [1.807, 2.05) is 48.6 Å². The molecule has 7 nitrogen and oxygen atoms in total. The van der Waals surface area contributed by atoms with Gasteiger partial charge in [0.05, 0.1) is 17.1 Å². The number of imidazole rings is 1. The van der Waals surface area contributed by atoms with Crippen molar-refractivity contribution >= 4 is 16.9 Å². The summed E-state index contributed by atoms with van der Waals surface area (Å²) in [7, 11) is 1.98. The summed E-state index contributed by atoms with van der Waals surface area (Å²) in [6.45, 7) is 4.64. The molecule has 1 aliphatic rings. The molecule has 25 heavy (non-hydrogen) atoms. The van der Waals surface area contributed by atoms with Crippen molar-refractivity contribution < 1.29 is 9.32 Å². The molecule has 0 bridgehead atoms. The number of aryl methyl sites for hydroxylation is 3. The topological polar surface area (TPSA) is 77.1 Å². The lowest BCUT2D eigenvalue weighted by molar-refractivity contribution is 0.0728. The zero-order valence-electron chi connectivity index (χ0n) is 14.7. The average Bonchev–Trinajstić information content (AvgIpc) is 3.33. The maximum atomic E-state index is 13.0. The normalized spacial score (nSPS) is 17.6. The van der Waals surface area contributed by atoms with Gasteiger partial charge < -0.3 is 14.0 Å². The lowest BCUT2D eigenvalue weighted by Crippen LogP contribution is -2.31. The molecule has 3 aromatic rings. The number of aromatic nitrogens is 4. The number of fused-ring (bicyclic) bond motifs is 1. The molecule has 4 rings (SSSR count). The fraction of sp³-hybridized carbons (Fsp3) is 0.444. The van der Waals surface area contributed by atoms with Crippen LogP contribution in [0.3, 0.4) is 0 Å². The van der Waals surface area contributed by atoms with Crippen LogP contribution in [0, 0.1) is 6.92 Å². The number of amides is 1. The Labute approximate surface area is 145 Å². The number of carbonyl (C=O) groups is 1. The van der Waals surface area contributed by atoms with E-state index >= 15 is 0 Å². The quantitative estimate of drug-likeness (QED) is 0.733. The van der Waals surface area contributed by atoms with Gasteiger partial charge in [-0.15, -0.1) is 0 Å². The Hall–Kier alpha value is -2.70. The van der Waals surface area contributed by atoms with Gasteiger partial charge in [0, 0.05) is 25.6 Å². The first-order valence-corrected chi connectivity index (χ1v) is 8.65. The van der Waals surface area contributed by atoms with E-state index in [9.17, 15) is 4.79 Å². The molecule has 1 aliphatic heterocycles. The van der Waals surface area contributed by atoms with Gasteiger partial charge in [-0.2, -0.15) is 4.98 Å². The van der Waals surface area contributed by atoms with Crippen molar-refractivity contribution in [1.29, 1.82) is 0 Å². The first-order chi connectivity index (χ1) is 12.1. The van der Waals surface area contributed by atoms with Crippen molar-refractivity contribution in [3.8, 4) is 0 Å². The first kappa shape index (κ1) is 15.8. The molecule has 3 heterocycles. The van der Waals surface area contributed by atoms with Crippen molar-refractivity contribution in [2.45, 2.75) is 39.2 Å². The highest BCUT2D eigenvalue weighted by molar-refractivity contribution is 5.97. The predicted molar refractivity (Wildman–Crippen MR) is 92.1 cm³/mol. The molecule has 1 aromatic carbocycles. The van der Waals surface area contributed by atoms with Crippen LogP contribution in [0.1, 0.15) is 53.7 Å². The minimum atomic E-state index is -0.113. The summed E-state index contributed by atoms with van der Waals surface area (Å²) >= 11 is 0. The van der Waals surface area contributed by atoms with Gasteiger partial charge >= 0.3 is 0 Å². The van der Waals surface area contributed by atoms with Crippen molar-refractivity contribution in [2.75, 3.05) is 6.54 Å². The minimum absolute atomic E-state index is 0.00412. The zero-order chi connectivity index (χ0) is 17.6. The van der Waals surface area contributed by atoms with Crippen molar-refractivity contribution in [3.05, 3.63) is 41.3 Å². The fourth-order valence-electron chi connectivity index (χ4n) is 3.44. The van der Waals surface area contributed by atoms with Gasteiger partial charge in [0.2, 0.25) is 5.89 Å². The molecule has 2 aromatic heterocycles. The Morgan fingerprint density at radius 3 is 2.96 bits per heavy atom. The van der Waals surface area contributed by atoms with E-state index in [2.05, 4.69) is 15.1 Å². The summed E-state index contributed by atoms with van der Waals surface area (Å²) in [6.07, 6.45) is 2.50. The van der Waals surface area contributed by atoms with E-state index in [4.69, 9.17) is 4.52 Å². The van der Waals surface area contributed by atoms with E-state index in [0.717, 1.165) is 29.7 Å². The highest BCUT2D eigenvalue weighted by Crippen LogP contribution is 2.32. The lowest BCUT2D eigenvalue weighted by Gasteiger charge is -2.22. The van der Waals surface area contributed by atoms with E-state index in [1.165, 1.54) is 0 Å². The molecular weight excluding hydrogens is 318 g/mol. The van der Waals surface area contributed by atoms with Crippen molar-refractivity contribution in [3.63, 3.8) is 0 Å². The van der Waals surface area contributed by atoms with Crippen LogP contribution in [-0.2, 0) is 13.5 Å². The Kier molecular flexibility index (Phi) is 3.78. The molecule has 0 radical (unpaired) electrons. The number of carbonyl (C=O) groups excluding carboxylic acids is 1. The molecule has 7 heteroatoms. The second-order valence-corrected chi connectivity index (χ2v) is 6.48. The third-order valence-corrected chi connectivity index (χ3v) is 4.95. The first-order valence-electron chi connectivity index (χ1n) is 8.65. The molecule has 0 unspecified atom stereocenters. The number of rotatable bonds is 3. The van der Waals surface area contributed by atoms with E-state index in [1.54, 1.807) is 0 Å². The second kappa shape index (κ2) is 5.98. The van der Waals surface area contributed by atoms with Gasteiger partial charge in [-0.1, -0.05) is 12.1 Å². The highest BCUT2D eigenvalue weighted by Gasteiger charge is 2.34. The summed E-state index contributed by atoms with van der Waals surface area (Å²) in [5.74, 6) is 2.14. The van der Waals surface area contributed by atoms with Crippen molar-refractivity contribution in [1.82, 2.24) is 24.6 Å². The van der Waals surface area contributed by atoms with Crippen LogP contribution < -0.4 is 0 Å². The number of hydrogen-bond acceptors (Lipinski definition) is 5. The number of likely N-dealkylation sites (tertiary alicyclic amines) is 1. The van der Waals surface area contributed by atoms with E-state index < -0.39 is 0 Å². The molecule has 1 saturated heterocycles. The molecule has 0 spiro atoms. The number of benzene rings is 1. The lowest BCUT2D eigenvalue weighted by atomic mass is 10.1. The molecule has 1 atom stereocenters. The Morgan fingerprint density at radius 1 is 1.36 bits per heavy atom. The van der Waals surface area contributed by atoms with Gasteiger partial charge in [0.15, 0.2) is 5.82 Å². The molecular formula is C18H21N5O2. The van der Waals surface area contributed by atoms with E-state index in [0.29, 0.717) is 30.2 Å². The van der Waals surface area contributed by atoms with E-state index in [-0.39, 0.29) is 11.9 Å². The van der Waals surface area contributed by atoms with Gasteiger partial charge in [-0.25, -0.2) is 4.98 Å². The van der Waals surface area contributed by atoms with Crippen LogP contribution in [0.2, 0.25) is 0 Å². The van der Waals surface area contributed by atoms with Crippen LogP contribution in [0.5, 0.6) is 0 Å². The smallest absolute Gasteiger partial charge is 0.254 e. The SMILES string of the molecule is CCc1nc([C@H]2CCCN2C(=O)c2ccc3c(c2)nc(C)n3C)no1. The zero-order valence-corrected chi connectivity index (χ0v) is 14.7. The second-order valence-electron chi connectivity index (χ2n) is 6.48. The Balaban J connectivity index is 1.65. The third-order valence-electron chi connectivity index (χ3n) is 4.95.